The van der Waals surface area contributed by atoms with Crippen LogP contribution in [0.5, 0.6) is 0 Å². The highest BCUT2D eigenvalue weighted by atomic mass is 35.5. The van der Waals surface area contributed by atoms with Gasteiger partial charge in [-0.2, -0.15) is 17.5 Å². The summed E-state index contributed by atoms with van der Waals surface area (Å²) in [5.41, 5.74) is 5.17. The molecule has 5 rings (SSSR count). The Hall–Kier alpha value is -3.87. The maximum absolute atomic E-state index is 14.1. The topological polar surface area (TPSA) is 106 Å². The summed E-state index contributed by atoms with van der Waals surface area (Å²) in [4.78, 5) is 22.3. The molecule has 42 heavy (non-hydrogen) atoms. The van der Waals surface area contributed by atoms with Crippen LogP contribution in [0.4, 0.5) is 23.2 Å². The van der Waals surface area contributed by atoms with Crippen LogP contribution in [0, 0.1) is 11.2 Å². The number of sulfonamides is 1. The number of rotatable bonds is 5. The molecule has 218 valence electrons. The molecule has 13 heteroatoms. The molecule has 1 saturated heterocycles. The van der Waals surface area contributed by atoms with E-state index in [0.29, 0.717) is 28.6 Å². The first-order valence-corrected chi connectivity index (χ1v) is 14.5. The lowest BCUT2D eigenvalue weighted by molar-refractivity contribution is -0.137. The maximum atomic E-state index is 14.1. The van der Waals surface area contributed by atoms with Gasteiger partial charge < -0.3 is 5.73 Å². The zero-order chi connectivity index (χ0) is 30.3. The first-order valence-electron chi connectivity index (χ1n) is 12.6. The first kappa shape index (κ1) is 29.6. The van der Waals surface area contributed by atoms with Gasteiger partial charge in [0.1, 0.15) is 11.5 Å². The van der Waals surface area contributed by atoms with Crippen molar-refractivity contribution in [1.82, 2.24) is 9.29 Å². The van der Waals surface area contributed by atoms with Crippen LogP contribution < -0.4 is 5.73 Å². The summed E-state index contributed by atoms with van der Waals surface area (Å²) in [6, 6.07) is 12.6. The molecule has 1 aliphatic carbocycles. The minimum atomic E-state index is -4.87. The van der Waals surface area contributed by atoms with Gasteiger partial charge in [-0.1, -0.05) is 23.2 Å². The number of ketones is 1. The van der Waals surface area contributed by atoms with Crippen molar-refractivity contribution in [2.24, 2.45) is 16.1 Å². The summed E-state index contributed by atoms with van der Waals surface area (Å²) >= 11 is 5.72. The lowest BCUT2D eigenvalue weighted by atomic mass is 9.64. The molecule has 1 aromatic heterocycles. The fourth-order valence-electron chi connectivity index (χ4n) is 5.20. The van der Waals surface area contributed by atoms with Crippen molar-refractivity contribution < 1.29 is 30.8 Å². The number of piperidine rings is 1. The average molecular weight is 619 g/mol. The standard InChI is InChI=1S/C29H23ClF4N4O3S/c30-24-9-8-22(14-23(24)29(32,33)34)42(40,41)38-12-10-19-13-26(37-21-6-4-20(31)5-7-21)18(16-35)15-28(19,17-38)27(39)25-3-1-2-11-36-25/h1-9,11,13-14,16H,10,12,15,17,35H2/t28-/m0/s1. The van der Waals surface area contributed by atoms with E-state index in [9.17, 15) is 30.8 Å². The minimum absolute atomic E-state index is 0.0504. The van der Waals surface area contributed by atoms with Gasteiger partial charge in [-0.25, -0.2) is 17.8 Å². The number of Topliss-reactive ketones (excluding diaryl/α,β-unsaturated/α-hetero) is 1. The summed E-state index contributed by atoms with van der Waals surface area (Å²) in [5.74, 6) is -0.909. The van der Waals surface area contributed by atoms with Gasteiger partial charge in [0, 0.05) is 19.3 Å². The molecule has 2 aromatic carbocycles. The molecule has 0 radical (unpaired) electrons. The van der Waals surface area contributed by atoms with Crippen LogP contribution >= 0.6 is 11.6 Å². The minimum Gasteiger partial charge on any atom is -0.404 e. The Morgan fingerprint density at radius 2 is 1.86 bits per heavy atom. The molecule has 0 unspecified atom stereocenters. The molecule has 1 fully saturated rings. The fraction of sp³-hybridized carbons (Fsp3) is 0.207. The number of halogens is 5. The van der Waals surface area contributed by atoms with E-state index in [1.165, 1.54) is 42.7 Å². The number of pyridine rings is 1. The Morgan fingerprint density at radius 1 is 1.12 bits per heavy atom. The van der Waals surface area contributed by atoms with Gasteiger partial charge >= 0.3 is 6.18 Å². The quantitative estimate of drug-likeness (QED) is 0.275. The van der Waals surface area contributed by atoms with Gasteiger partial charge in [0.2, 0.25) is 10.0 Å². The third kappa shape index (κ3) is 5.49. The second-order valence-electron chi connectivity index (χ2n) is 9.87. The first-order chi connectivity index (χ1) is 19.8. The van der Waals surface area contributed by atoms with E-state index >= 15 is 0 Å². The highest BCUT2D eigenvalue weighted by Crippen LogP contribution is 2.48. The van der Waals surface area contributed by atoms with E-state index in [1.807, 2.05) is 0 Å². The molecule has 1 atom stereocenters. The molecule has 3 aromatic rings. The van der Waals surface area contributed by atoms with Gasteiger partial charge in [-0.15, -0.1) is 0 Å². The Labute approximate surface area is 244 Å². The number of nitrogens with two attached hydrogens (primary N) is 1. The van der Waals surface area contributed by atoms with Crippen molar-refractivity contribution >= 4 is 38.8 Å². The third-order valence-corrected chi connectivity index (χ3v) is 9.48. The molecule has 2 heterocycles. The van der Waals surface area contributed by atoms with E-state index in [0.717, 1.165) is 16.4 Å². The Bertz CT molecular complexity index is 1740. The largest absolute Gasteiger partial charge is 0.417 e. The van der Waals surface area contributed by atoms with E-state index in [2.05, 4.69) is 9.98 Å². The molecule has 2 aliphatic rings. The van der Waals surface area contributed by atoms with E-state index in [4.69, 9.17) is 17.3 Å². The number of nitrogens with zero attached hydrogens (tertiary/aromatic N) is 3. The molecule has 0 spiro atoms. The summed E-state index contributed by atoms with van der Waals surface area (Å²) < 4.78 is 82.5. The zero-order valence-electron chi connectivity index (χ0n) is 21.8. The second kappa shape index (κ2) is 11.1. The van der Waals surface area contributed by atoms with Gasteiger partial charge in [0.25, 0.3) is 0 Å². The van der Waals surface area contributed by atoms with Crippen molar-refractivity contribution in [3.63, 3.8) is 0 Å². The number of fused-ring (bicyclic) bond motifs is 1. The Balaban J connectivity index is 1.61. The highest BCUT2D eigenvalue weighted by molar-refractivity contribution is 7.89. The van der Waals surface area contributed by atoms with Crippen LogP contribution in [0.25, 0.3) is 0 Å². The molecule has 0 amide bonds. The molecular formula is C29H23ClF4N4O3S. The van der Waals surface area contributed by atoms with Crippen molar-refractivity contribution in [2.45, 2.75) is 23.9 Å². The van der Waals surface area contributed by atoms with Crippen molar-refractivity contribution in [3.05, 3.63) is 112 Å². The maximum Gasteiger partial charge on any atom is 0.417 e. The summed E-state index contributed by atoms with van der Waals surface area (Å²) in [6.45, 7) is -0.484. The molecule has 1 aliphatic heterocycles. The van der Waals surface area contributed by atoms with Gasteiger partial charge in [-0.3, -0.25) is 9.78 Å². The number of hydrogen-bond donors (Lipinski definition) is 1. The van der Waals surface area contributed by atoms with Crippen LogP contribution in [-0.2, 0) is 16.2 Å². The van der Waals surface area contributed by atoms with E-state index in [1.54, 1.807) is 18.2 Å². The van der Waals surface area contributed by atoms with Crippen molar-refractivity contribution in [3.8, 4) is 0 Å². The predicted molar refractivity (Wildman–Crippen MR) is 149 cm³/mol. The van der Waals surface area contributed by atoms with Crippen molar-refractivity contribution in [2.75, 3.05) is 13.1 Å². The number of hydrogen-bond acceptors (Lipinski definition) is 6. The monoisotopic (exact) mass is 618 g/mol. The third-order valence-electron chi connectivity index (χ3n) is 7.31. The van der Waals surface area contributed by atoms with Crippen LogP contribution in [0.1, 0.15) is 28.9 Å². The van der Waals surface area contributed by atoms with Crippen LogP contribution in [0.2, 0.25) is 5.02 Å². The lowest BCUT2D eigenvalue weighted by Gasteiger charge is -2.45. The van der Waals surface area contributed by atoms with Gasteiger partial charge in [-0.05, 0) is 85.3 Å². The number of carbonyl (C=O) groups excluding carboxylic acids is 1. The van der Waals surface area contributed by atoms with Gasteiger partial charge in [0.05, 0.1) is 32.3 Å². The van der Waals surface area contributed by atoms with Crippen LogP contribution in [0.3, 0.4) is 0 Å². The van der Waals surface area contributed by atoms with Gasteiger partial charge in [0.15, 0.2) is 5.78 Å². The van der Waals surface area contributed by atoms with E-state index in [-0.39, 0.29) is 31.6 Å². The van der Waals surface area contributed by atoms with Crippen molar-refractivity contribution in [1.29, 1.82) is 0 Å². The lowest BCUT2D eigenvalue weighted by Crippen LogP contribution is -2.53. The number of allylic oxidation sites excluding steroid dienone is 2. The Morgan fingerprint density at radius 3 is 2.50 bits per heavy atom. The summed E-state index contributed by atoms with van der Waals surface area (Å²) in [6.07, 6.45) is -0.476. The smallest absolute Gasteiger partial charge is 0.404 e. The molecule has 7 nitrogen and oxygen atoms in total. The van der Waals surface area contributed by atoms with Crippen LogP contribution in [0.15, 0.2) is 100 Å². The highest BCUT2D eigenvalue weighted by Gasteiger charge is 2.51. The molecule has 2 N–H and O–H groups in total. The number of aromatic nitrogens is 1. The Kier molecular flexibility index (Phi) is 7.82. The molecular weight excluding hydrogens is 596 g/mol. The summed E-state index contributed by atoms with van der Waals surface area (Å²) in [5, 5.41) is -0.634. The predicted octanol–water partition coefficient (Wildman–Crippen LogP) is 6.10. The average Bonchev–Trinajstić information content (AvgIpc) is 2.97. The number of aliphatic imine (C=N–C) groups is 1. The normalized spacial score (nSPS) is 21.7. The second-order valence-corrected chi connectivity index (χ2v) is 12.2. The number of alkyl halides is 3. The summed E-state index contributed by atoms with van der Waals surface area (Å²) in [7, 11) is -4.50. The fourth-order valence-corrected chi connectivity index (χ4v) is 6.95. The number of benzene rings is 2. The molecule has 0 bridgehead atoms. The zero-order valence-corrected chi connectivity index (χ0v) is 23.3. The van der Waals surface area contributed by atoms with E-state index < -0.39 is 48.7 Å². The number of carbonyl (C=O) groups is 1. The SMILES string of the molecule is NC=C1C[C@]2(C(=O)c3ccccn3)CN(S(=O)(=O)c3ccc(Cl)c(C(F)(F)F)c3)CCC2=CC1=Nc1ccc(F)cc1. The molecule has 0 saturated carbocycles. The van der Waals surface area contributed by atoms with Crippen LogP contribution in [-0.4, -0.2) is 42.3 Å².